The third-order valence-corrected chi connectivity index (χ3v) is 9.42. The number of benzene rings is 1. The van der Waals surface area contributed by atoms with Crippen LogP contribution in [-0.2, 0) is 0 Å². The van der Waals surface area contributed by atoms with E-state index in [2.05, 4.69) is 25.2 Å². The van der Waals surface area contributed by atoms with Crippen molar-refractivity contribution < 1.29 is 27.0 Å². The molecule has 3 N–H and O–H groups in total. The molecule has 9 nitrogen and oxygen atoms in total. The standard InChI is InChI=1S/C28H25F4N7O2S/c29-13-6-28(4-1-5-39(28)11-13)12-40-27-37-23-16(26(38-27)41-19-10-35-9-18(19)31)8-36-22(21(23)32)14-2-3-17(30)24-20(14)15(7-33)25(34)42-24/h2-3,8,13,18-19,35H,1,4-6,9-12,34H2/t13-,18+,19+,28+/m1/s1. The highest BCUT2D eigenvalue weighted by Gasteiger charge is 2.49. The molecule has 3 aliphatic rings. The lowest BCUT2D eigenvalue weighted by atomic mass is 9.95. The van der Waals surface area contributed by atoms with Crippen LogP contribution in [0.2, 0.25) is 0 Å². The van der Waals surface area contributed by atoms with E-state index in [1.807, 2.05) is 6.07 Å². The zero-order valence-electron chi connectivity index (χ0n) is 22.2. The largest absolute Gasteiger partial charge is 0.469 e. The molecule has 3 aliphatic heterocycles. The number of nitrogens with two attached hydrogens (primary N) is 1. The molecule has 14 heteroatoms. The minimum Gasteiger partial charge on any atom is -0.469 e. The van der Waals surface area contributed by atoms with Gasteiger partial charge in [0.05, 0.1) is 21.2 Å². The molecule has 7 rings (SSSR count). The van der Waals surface area contributed by atoms with E-state index in [4.69, 9.17) is 15.2 Å². The minimum atomic E-state index is -1.32. The van der Waals surface area contributed by atoms with Crippen molar-refractivity contribution in [3.05, 3.63) is 35.5 Å². The molecule has 0 radical (unpaired) electrons. The van der Waals surface area contributed by atoms with Crippen molar-refractivity contribution in [3.63, 3.8) is 0 Å². The number of rotatable bonds is 6. The number of pyridine rings is 1. The van der Waals surface area contributed by atoms with Gasteiger partial charge in [0.2, 0.25) is 5.88 Å². The number of aromatic nitrogens is 3. The van der Waals surface area contributed by atoms with Crippen molar-refractivity contribution in [2.24, 2.45) is 0 Å². The predicted molar refractivity (Wildman–Crippen MR) is 148 cm³/mol. The first-order chi connectivity index (χ1) is 20.3. The second-order valence-electron chi connectivity index (χ2n) is 10.9. The van der Waals surface area contributed by atoms with Crippen LogP contribution in [0, 0.1) is 23.0 Å². The molecule has 3 aromatic heterocycles. The lowest BCUT2D eigenvalue weighted by Gasteiger charge is -2.30. The van der Waals surface area contributed by atoms with Crippen LogP contribution < -0.4 is 20.5 Å². The van der Waals surface area contributed by atoms with E-state index in [1.54, 1.807) is 0 Å². The number of hydrogen-bond donors (Lipinski definition) is 2. The number of nitrogen functional groups attached to an aromatic ring is 1. The van der Waals surface area contributed by atoms with Crippen molar-refractivity contribution in [1.82, 2.24) is 25.2 Å². The number of hydrogen-bond acceptors (Lipinski definition) is 10. The van der Waals surface area contributed by atoms with Crippen molar-refractivity contribution in [1.29, 1.82) is 5.26 Å². The fourth-order valence-corrected chi connectivity index (χ4v) is 7.33. The van der Waals surface area contributed by atoms with Crippen LogP contribution in [0.5, 0.6) is 11.9 Å². The van der Waals surface area contributed by atoms with Gasteiger partial charge in [-0.2, -0.15) is 15.2 Å². The van der Waals surface area contributed by atoms with Gasteiger partial charge < -0.3 is 20.5 Å². The van der Waals surface area contributed by atoms with Crippen LogP contribution in [-0.4, -0.2) is 76.6 Å². The summed E-state index contributed by atoms with van der Waals surface area (Å²) in [5.74, 6) is -1.60. The Kier molecular flexibility index (Phi) is 6.56. The maximum absolute atomic E-state index is 16.4. The fraction of sp³-hybridized carbons (Fsp3) is 0.429. The van der Waals surface area contributed by atoms with Gasteiger partial charge in [-0.25, -0.2) is 17.6 Å². The summed E-state index contributed by atoms with van der Waals surface area (Å²) < 4.78 is 71.8. The second kappa shape index (κ2) is 10.2. The predicted octanol–water partition coefficient (Wildman–Crippen LogP) is 4.28. The highest BCUT2D eigenvalue weighted by atomic mass is 32.1. The summed E-state index contributed by atoms with van der Waals surface area (Å²) in [6, 6.07) is 4.25. The van der Waals surface area contributed by atoms with Crippen molar-refractivity contribution >= 4 is 37.3 Å². The van der Waals surface area contributed by atoms with Crippen LogP contribution in [0.1, 0.15) is 24.8 Å². The SMILES string of the molecule is N#Cc1c(N)sc2c(F)ccc(-c3ncc4c(O[C@H]5CNC[C@@H]5F)nc(OC[C@@]56CCCN5C[C@H](F)C6)nc4c3F)c12. The van der Waals surface area contributed by atoms with Crippen LogP contribution in [0.15, 0.2) is 18.3 Å². The topological polar surface area (TPSA) is 122 Å². The molecule has 1 aromatic carbocycles. The van der Waals surface area contributed by atoms with Gasteiger partial charge in [0, 0.05) is 43.2 Å². The molecule has 0 saturated carbocycles. The Hall–Kier alpha value is -3.80. The van der Waals surface area contributed by atoms with Crippen molar-refractivity contribution in [2.45, 2.75) is 43.2 Å². The summed E-state index contributed by atoms with van der Waals surface area (Å²) >= 11 is 0.889. The number of thiophene rings is 1. The van der Waals surface area contributed by atoms with E-state index < -0.39 is 35.6 Å². The first kappa shape index (κ1) is 27.1. The number of anilines is 1. The van der Waals surface area contributed by atoms with E-state index in [1.165, 1.54) is 12.3 Å². The van der Waals surface area contributed by atoms with Gasteiger partial charge in [-0.05, 0) is 31.5 Å². The van der Waals surface area contributed by atoms with Gasteiger partial charge in [-0.3, -0.25) is 9.88 Å². The van der Waals surface area contributed by atoms with Crippen molar-refractivity contribution in [3.8, 4) is 29.2 Å². The zero-order valence-corrected chi connectivity index (χ0v) is 23.0. The number of nitrogens with zero attached hydrogens (tertiary/aromatic N) is 5. The quantitative estimate of drug-likeness (QED) is 0.313. The molecule has 0 aliphatic carbocycles. The summed E-state index contributed by atoms with van der Waals surface area (Å²) in [7, 11) is 0. The Labute approximate surface area is 241 Å². The highest BCUT2D eigenvalue weighted by molar-refractivity contribution is 7.23. The Morgan fingerprint density at radius 1 is 1.24 bits per heavy atom. The van der Waals surface area contributed by atoms with Gasteiger partial charge in [-0.1, -0.05) is 0 Å². The molecule has 4 atom stereocenters. The number of halogens is 4. The molecule has 4 aromatic rings. The molecule has 0 amide bonds. The summed E-state index contributed by atoms with van der Waals surface area (Å²) in [6.07, 6.45) is 0.0941. The van der Waals surface area contributed by atoms with Gasteiger partial charge in [0.15, 0.2) is 12.0 Å². The van der Waals surface area contributed by atoms with Crippen LogP contribution in [0.4, 0.5) is 22.6 Å². The van der Waals surface area contributed by atoms with E-state index in [0.717, 1.165) is 36.8 Å². The number of nitrogens with one attached hydrogen (secondary N) is 1. The smallest absolute Gasteiger partial charge is 0.320 e. The molecular weight excluding hydrogens is 574 g/mol. The van der Waals surface area contributed by atoms with E-state index in [-0.39, 0.29) is 74.4 Å². The average molecular weight is 600 g/mol. The van der Waals surface area contributed by atoms with Crippen LogP contribution >= 0.6 is 11.3 Å². The maximum Gasteiger partial charge on any atom is 0.320 e. The van der Waals surface area contributed by atoms with E-state index >= 15 is 4.39 Å². The fourth-order valence-electron chi connectivity index (χ4n) is 6.38. The van der Waals surface area contributed by atoms with Gasteiger partial charge in [-0.15, -0.1) is 11.3 Å². The molecule has 3 saturated heterocycles. The monoisotopic (exact) mass is 599 g/mol. The van der Waals surface area contributed by atoms with Crippen molar-refractivity contribution in [2.75, 3.05) is 38.5 Å². The molecule has 0 bridgehead atoms. The first-order valence-corrected chi connectivity index (χ1v) is 14.4. The lowest BCUT2D eigenvalue weighted by Crippen LogP contribution is -2.43. The van der Waals surface area contributed by atoms with E-state index in [9.17, 15) is 18.4 Å². The molecule has 218 valence electrons. The minimum absolute atomic E-state index is 0.0207. The summed E-state index contributed by atoms with van der Waals surface area (Å²) in [5.41, 5.74) is 5.23. The average Bonchev–Trinajstić information content (AvgIpc) is 3.71. The number of nitriles is 1. The first-order valence-electron chi connectivity index (χ1n) is 13.6. The summed E-state index contributed by atoms with van der Waals surface area (Å²) in [4.78, 5) is 15.0. The highest BCUT2D eigenvalue weighted by Crippen LogP contribution is 2.43. The third kappa shape index (κ3) is 4.29. The zero-order chi connectivity index (χ0) is 29.2. The van der Waals surface area contributed by atoms with Gasteiger partial charge in [0.1, 0.15) is 47.0 Å². The molecule has 6 heterocycles. The lowest BCUT2D eigenvalue weighted by molar-refractivity contribution is 0.104. The number of ether oxygens (including phenoxy) is 2. The number of fused-ring (bicyclic) bond motifs is 3. The maximum atomic E-state index is 16.4. The Balaban J connectivity index is 1.34. The Bertz CT molecular complexity index is 1760. The van der Waals surface area contributed by atoms with Gasteiger partial charge in [0.25, 0.3) is 0 Å². The molecule has 0 unspecified atom stereocenters. The third-order valence-electron chi connectivity index (χ3n) is 8.40. The Morgan fingerprint density at radius 2 is 2.10 bits per heavy atom. The van der Waals surface area contributed by atoms with E-state index in [0.29, 0.717) is 13.0 Å². The summed E-state index contributed by atoms with van der Waals surface area (Å²) in [6.45, 7) is 1.50. The van der Waals surface area contributed by atoms with Crippen LogP contribution in [0.25, 0.3) is 32.2 Å². The Morgan fingerprint density at radius 3 is 2.88 bits per heavy atom. The molecule has 0 spiro atoms. The summed E-state index contributed by atoms with van der Waals surface area (Å²) in [5, 5.41) is 12.9. The number of alkyl halides is 2. The molecule has 42 heavy (non-hydrogen) atoms. The molecular formula is C28H25F4N7O2S. The van der Waals surface area contributed by atoms with Crippen LogP contribution in [0.3, 0.4) is 0 Å². The van der Waals surface area contributed by atoms with Gasteiger partial charge >= 0.3 is 6.01 Å². The normalized spacial score (nSPS) is 25.7. The molecule has 3 fully saturated rings. The second-order valence-corrected chi connectivity index (χ2v) is 12.0.